The van der Waals surface area contributed by atoms with Crippen molar-refractivity contribution in [2.45, 2.75) is 71.1 Å². The Balaban J connectivity index is 2.37. The third kappa shape index (κ3) is 4.59. The summed E-state index contributed by atoms with van der Waals surface area (Å²) in [6.07, 6.45) is 2.68. The van der Waals surface area contributed by atoms with Crippen molar-refractivity contribution in [1.82, 2.24) is 4.90 Å². The molecule has 0 aromatic heterocycles. The molecule has 0 aliphatic carbocycles. The molecule has 1 radical (unpaired) electrons. The molecule has 1 nitrogen and oxygen atoms in total. The van der Waals surface area contributed by atoms with E-state index in [9.17, 15) is 0 Å². The van der Waals surface area contributed by atoms with Crippen LogP contribution in [0.15, 0.2) is 0 Å². The molecule has 0 saturated carbocycles. The zero-order chi connectivity index (χ0) is 11.7. The standard InChI is InChI=1S/C13H27BN/c1-12(2,3)14-11-7-9-15(10-8-11)13(4,5)6/h11H,7-10H2,1-6H3. The number of piperidine rings is 1. The Morgan fingerprint density at radius 2 is 1.40 bits per heavy atom. The van der Waals surface area contributed by atoms with E-state index in [1.165, 1.54) is 25.9 Å². The molecule has 0 aromatic rings. The van der Waals surface area contributed by atoms with Crippen LogP contribution < -0.4 is 0 Å². The first kappa shape index (κ1) is 13.1. The Bertz CT molecular complexity index is 192. The van der Waals surface area contributed by atoms with Crippen LogP contribution in [0, 0.1) is 0 Å². The molecule has 1 rings (SSSR count). The molecule has 0 bridgehead atoms. The van der Waals surface area contributed by atoms with Gasteiger partial charge in [0.15, 0.2) is 0 Å². The van der Waals surface area contributed by atoms with Crippen molar-refractivity contribution in [3.63, 3.8) is 0 Å². The summed E-state index contributed by atoms with van der Waals surface area (Å²) in [6, 6.07) is 0. The molecular formula is C13H27BN. The van der Waals surface area contributed by atoms with Gasteiger partial charge < -0.3 is 0 Å². The highest BCUT2D eigenvalue weighted by atomic mass is 15.2. The molecule has 0 amide bonds. The van der Waals surface area contributed by atoms with E-state index in [0.29, 0.717) is 10.9 Å². The molecule has 2 heteroatoms. The van der Waals surface area contributed by atoms with Crippen molar-refractivity contribution in [1.29, 1.82) is 0 Å². The van der Waals surface area contributed by atoms with E-state index in [0.717, 1.165) is 5.82 Å². The average Bonchev–Trinajstić information content (AvgIpc) is 2.00. The fourth-order valence-corrected chi connectivity index (χ4v) is 2.44. The van der Waals surface area contributed by atoms with E-state index in [1.54, 1.807) is 0 Å². The van der Waals surface area contributed by atoms with Gasteiger partial charge in [0, 0.05) is 5.54 Å². The highest BCUT2D eigenvalue weighted by molar-refractivity contribution is 6.41. The quantitative estimate of drug-likeness (QED) is 0.595. The van der Waals surface area contributed by atoms with Crippen molar-refractivity contribution >= 4 is 7.28 Å². The van der Waals surface area contributed by atoms with Crippen molar-refractivity contribution in [3.05, 3.63) is 0 Å². The monoisotopic (exact) mass is 208 g/mol. The van der Waals surface area contributed by atoms with Crippen LogP contribution in [0.3, 0.4) is 0 Å². The van der Waals surface area contributed by atoms with Crippen LogP contribution in [-0.2, 0) is 0 Å². The lowest BCUT2D eigenvalue weighted by Crippen LogP contribution is -2.46. The van der Waals surface area contributed by atoms with Gasteiger partial charge in [0.1, 0.15) is 7.28 Å². The third-order valence-corrected chi connectivity index (χ3v) is 3.22. The normalized spacial score (nSPS) is 21.7. The molecule has 0 atom stereocenters. The Labute approximate surface area is 96.9 Å². The number of rotatable bonds is 1. The smallest absolute Gasteiger partial charge is 0.121 e. The largest absolute Gasteiger partial charge is 0.299 e. The lowest BCUT2D eigenvalue weighted by Gasteiger charge is -2.41. The van der Waals surface area contributed by atoms with E-state index in [2.05, 4.69) is 53.7 Å². The summed E-state index contributed by atoms with van der Waals surface area (Å²) in [5.41, 5.74) is 0.354. The molecule has 0 unspecified atom stereocenters. The summed E-state index contributed by atoms with van der Waals surface area (Å²) >= 11 is 0. The second-order valence-corrected chi connectivity index (χ2v) is 7.03. The van der Waals surface area contributed by atoms with E-state index < -0.39 is 0 Å². The predicted octanol–water partition coefficient (Wildman–Crippen LogP) is 3.59. The minimum atomic E-state index is 0.354. The zero-order valence-corrected chi connectivity index (χ0v) is 11.4. The van der Waals surface area contributed by atoms with Gasteiger partial charge in [-0.05, 0) is 46.7 Å². The Morgan fingerprint density at radius 3 is 1.73 bits per heavy atom. The molecular weight excluding hydrogens is 181 g/mol. The molecule has 87 valence electrons. The van der Waals surface area contributed by atoms with E-state index in [4.69, 9.17) is 0 Å². The minimum absolute atomic E-state index is 0.354. The summed E-state index contributed by atoms with van der Waals surface area (Å²) in [5.74, 6) is 0.837. The lowest BCUT2D eigenvalue weighted by atomic mass is 9.46. The second kappa shape index (κ2) is 4.49. The maximum absolute atomic E-state index is 2.61. The Kier molecular flexibility index (Phi) is 3.92. The van der Waals surface area contributed by atoms with Crippen molar-refractivity contribution in [3.8, 4) is 0 Å². The lowest BCUT2D eigenvalue weighted by molar-refractivity contribution is 0.110. The number of likely N-dealkylation sites (tertiary alicyclic amines) is 1. The van der Waals surface area contributed by atoms with E-state index in [1.807, 2.05) is 0 Å². The van der Waals surface area contributed by atoms with Crippen LogP contribution in [0.5, 0.6) is 0 Å². The summed E-state index contributed by atoms with van der Waals surface area (Å²) in [4.78, 5) is 2.61. The summed E-state index contributed by atoms with van der Waals surface area (Å²) < 4.78 is 0. The van der Waals surface area contributed by atoms with Gasteiger partial charge in [-0.25, -0.2) is 0 Å². The van der Waals surface area contributed by atoms with Gasteiger partial charge in [0.05, 0.1) is 0 Å². The molecule has 1 aliphatic rings. The molecule has 0 N–H and O–H groups in total. The van der Waals surface area contributed by atoms with Gasteiger partial charge in [-0.15, -0.1) is 0 Å². The van der Waals surface area contributed by atoms with Crippen LogP contribution >= 0.6 is 0 Å². The fraction of sp³-hybridized carbons (Fsp3) is 1.00. The van der Waals surface area contributed by atoms with Crippen LogP contribution in [0.4, 0.5) is 0 Å². The van der Waals surface area contributed by atoms with Crippen LogP contribution in [0.25, 0.3) is 0 Å². The molecule has 1 aliphatic heterocycles. The number of nitrogens with zero attached hydrogens (tertiary/aromatic N) is 1. The third-order valence-electron chi connectivity index (χ3n) is 3.22. The topological polar surface area (TPSA) is 3.24 Å². The highest BCUT2D eigenvalue weighted by Gasteiger charge is 2.29. The van der Waals surface area contributed by atoms with Gasteiger partial charge in [0.25, 0.3) is 0 Å². The molecule has 1 heterocycles. The van der Waals surface area contributed by atoms with Gasteiger partial charge in [0.2, 0.25) is 0 Å². The van der Waals surface area contributed by atoms with E-state index >= 15 is 0 Å². The van der Waals surface area contributed by atoms with Gasteiger partial charge in [-0.3, -0.25) is 4.90 Å². The number of hydrogen-bond donors (Lipinski definition) is 0. The Morgan fingerprint density at radius 1 is 0.933 bits per heavy atom. The van der Waals surface area contributed by atoms with E-state index in [-0.39, 0.29) is 0 Å². The first-order valence-electron chi connectivity index (χ1n) is 6.29. The first-order valence-corrected chi connectivity index (χ1v) is 6.29. The molecule has 0 aromatic carbocycles. The Hall–Kier alpha value is 0.0249. The highest BCUT2D eigenvalue weighted by Crippen LogP contribution is 2.33. The van der Waals surface area contributed by atoms with Crippen molar-refractivity contribution in [2.24, 2.45) is 0 Å². The van der Waals surface area contributed by atoms with Crippen LogP contribution in [0.2, 0.25) is 11.1 Å². The first-order chi connectivity index (χ1) is 6.68. The zero-order valence-electron chi connectivity index (χ0n) is 11.4. The second-order valence-electron chi connectivity index (χ2n) is 7.03. The average molecular weight is 208 g/mol. The summed E-state index contributed by atoms with van der Waals surface area (Å²) in [7, 11) is 2.55. The van der Waals surface area contributed by atoms with Crippen molar-refractivity contribution in [2.75, 3.05) is 13.1 Å². The summed E-state index contributed by atoms with van der Waals surface area (Å²) in [6.45, 7) is 16.4. The van der Waals surface area contributed by atoms with Gasteiger partial charge in [-0.1, -0.05) is 31.9 Å². The summed E-state index contributed by atoms with van der Waals surface area (Å²) in [5, 5.41) is 0.384. The minimum Gasteiger partial charge on any atom is -0.299 e. The van der Waals surface area contributed by atoms with Crippen LogP contribution in [-0.4, -0.2) is 30.8 Å². The SMILES string of the molecule is CC(C)(C)[B]C1CCN(C(C)(C)C)CC1. The predicted molar refractivity (Wildman–Crippen MR) is 69.8 cm³/mol. The molecule has 1 fully saturated rings. The molecule has 15 heavy (non-hydrogen) atoms. The van der Waals surface area contributed by atoms with Crippen molar-refractivity contribution < 1.29 is 0 Å². The van der Waals surface area contributed by atoms with Gasteiger partial charge in [-0.2, -0.15) is 0 Å². The maximum atomic E-state index is 2.61. The van der Waals surface area contributed by atoms with Crippen LogP contribution in [0.1, 0.15) is 54.4 Å². The van der Waals surface area contributed by atoms with Gasteiger partial charge >= 0.3 is 0 Å². The maximum Gasteiger partial charge on any atom is 0.121 e. The molecule has 1 saturated heterocycles. The molecule has 0 spiro atoms. The number of hydrogen-bond acceptors (Lipinski definition) is 1. The fourth-order valence-electron chi connectivity index (χ4n) is 2.44.